The fourth-order valence-electron chi connectivity index (χ4n) is 2.26. The van der Waals surface area contributed by atoms with Gasteiger partial charge in [0.05, 0.1) is 2.88 Å². The van der Waals surface area contributed by atoms with Crippen LogP contribution in [0.5, 0.6) is 0 Å². The summed E-state index contributed by atoms with van der Waals surface area (Å²) in [4.78, 5) is 0. The highest BCUT2D eigenvalue weighted by Crippen LogP contribution is 2.33. The summed E-state index contributed by atoms with van der Waals surface area (Å²) >= 11 is 4.16. The highest BCUT2D eigenvalue weighted by molar-refractivity contribution is 14.1. The van der Waals surface area contributed by atoms with Gasteiger partial charge in [-0.1, -0.05) is 25.7 Å². The summed E-state index contributed by atoms with van der Waals surface area (Å²) in [5.41, 5.74) is 7.53. The molecule has 1 atom stereocenters. The van der Waals surface area contributed by atoms with Crippen LogP contribution in [0.1, 0.15) is 43.7 Å². The second-order valence-corrected chi connectivity index (χ2v) is 6.98. The van der Waals surface area contributed by atoms with Crippen LogP contribution in [-0.4, -0.2) is 0 Å². The summed E-state index contributed by atoms with van der Waals surface area (Å²) in [6, 6.07) is 2.50. The highest BCUT2D eigenvalue weighted by atomic mass is 127. The molecule has 0 spiro atoms. The van der Waals surface area contributed by atoms with Gasteiger partial charge in [-0.3, -0.25) is 0 Å². The van der Waals surface area contributed by atoms with Crippen molar-refractivity contribution in [3.8, 4) is 0 Å². The number of thiophene rings is 1. The third kappa shape index (κ3) is 2.70. The van der Waals surface area contributed by atoms with E-state index in [4.69, 9.17) is 5.73 Å². The summed E-state index contributed by atoms with van der Waals surface area (Å²) in [6.45, 7) is 0. The van der Waals surface area contributed by atoms with Gasteiger partial charge in [0.2, 0.25) is 0 Å². The normalized spacial score (nSPS) is 20.1. The van der Waals surface area contributed by atoms with Gasteiger partial charge < -0.3 is 5.73 Å². The zero-order chi connectivity index (χ0) is 9.97. The lowest BCUT2D eigenvalue weighted by Gasteiger charge is -2.14. The van der Waals surface area contributed by atoms with E-state index in [2.05, 4.69) is 34.0 Å². The Hall–Kier alpha value is 0.390. The monoisotopic (exact) mass is 321 g/mol. The van der Waals surface area contributed by atoms with Gasteiger partial charge in [0, 0.05) is 6.04 Å². The predicted molar refractivity (Wildman–Crippen MR) is 70.5 cm³/mol. The van der Waals surface area contributed by atoms with Crippen LogP contribution in [0.4, 0.5) is 0 Å². The van der Waals surface area contributed by atoms with E-state index in [0.29, 0.717) is 0 Å². The van der Waals surface area contributed by atoms with Crippen molar-refractivity contribution in [2.24, 2.45) is 11.7 Å². The summed E-state index contributed by atoms with van der Waals surface area (Å²) in [7, 11) is 0. The molecule has 0 amide bonds. The lowest BCUT2D eigenvalue weighted by molar-refractivity contribution is 0.451. The van der Waals surface area contributed by atoms with Gasteiger partial charge in [-0.05, 0) is 51.9 Å². The molecule has 0 saturated heterocycles. The smallest absolute Gasteiger partial charge is 0.0656 e. The quantitative estimate of drug-likeness (QED) is 0.839. The average molecular weight is 321 g/mol. The molecule has 1 aliphatic rings. The minimum absolute atomic E-state index is 0.276. The molecule has 1 aliphatic carbocycles. The molecule has 2 rings (SSSR count). The van der Waals surface area contributed by atoms with Gasteiger partial charge >= 0.3 is 0 Å². The molecule has 1 nitrogen and oxygen atoms in total. The molecule has 3 heteroatoms. The van der Waals surface area contributed by atoms with Gasteiger partial charge in [0.15, 0.2) is 0 Å². The number of hydrogen-bond donors (Lipinski definition) is 1. The van der Waals surface area contributed by atoms with Crippen molar-refractivity contribution in [2.75, 3.05) is 0 Å². The summed E-state index contributed by atoms with van der Waals surface area (Å²) in [5, 5.41) is 2.21. The first-order valence-corrected chi connectivity index (χ1v) is 7.21. The maximum atomic E-state index is 6.19. The lowest BCUT2D eigenvalue weighted by Crippen LogP contribution is -2.13. The van der Waals surface area contributed by atoms with E-state index >= 15 is 0 Å². The van der Waals surface area contributed by atoms with Crippen LogP contribution in [-0.2, 0) is 0 Å². The fraction of sp³-hybridized carbons (Fsp3) is 0.636. The topological polar surface area (TPSA) is 26.0 Å². The molecule has 1 unspecified atom stereocenters. The van der Waals surface area contributed by atoms with E-state index in [1.807, 2.05) is 0 Å². The Labute approximate surface area is 103 Å². The summed E-state index contributed by atoms with van der Waals surface area (Å²) < 4.78 is 1.35. The molecule has 78 valence electrons. The molecule has 1 saturated carbocycles. The third-order valence-electron chi connectivity index (χ3n) is 3.08. The molecular formula is C11H16INS. The standard InChI is InChI=1S/C11H16INS/c12-11-6-9(7-14-11)10(13)5-8-3-1-2-4-8/h6-8,10H,1-5,13H2. The minimum Gasteiger partial charge on any atom is -0.324 e. The first-order valence-electron chi connectivity index (χ1n) is 5.25. The van der Waals surface area contributed by atoms with Gasteiger partial charge in [0.1, 0.15) is 0 Å². The van der Waals surface area contributed by atoms with Gasteiger partial charge in [-0.2, -0.15) is 0 Å². The van der Waals surface area contributed by atoms with E-state index < -0.39 is 0 Å². The van der Waals surface area contributed by atoms with Crippen LogP contribution in [0.2, 0.25) is 0 Å². The molecule has 2 N–H and O–H groups in total. The zero-order valence-corrected chi connectivity index (χ0v) is 11.2. The van der Waals surface area contributed by atoms with E-state index in [1.165, 1.54) is 40.6 Å². The maximum Gasteiger partial charge on any atom is 0.0656 e. The molecular weight excluding hydrogens is 305 g/mol. The van der Waals surface area contributed by atoms with E-state index in [9.17, 15) is 0 Å². The van der Waals surface area contributed by atoms with Crippen molar-refractivity contribution in [3.63, 3.8) is 0 Å². The Balaban J connectivity index is 1.91. The van der Waals surface area contributed by atoms with E-state index in [1.54, 1.807) is 11.3 Å². The van der Waals surface area contributed by atoms with E-state index in [0.717, 1.165) is 5.92 Å². The predicted octanol–water partition coefficient (Wildman–Crippen LogP) is 3.93. The maximum absolute atomic E-state index is 6.19. The lowest BCUT2D eigenvalue weighted by atomic mass is 9.96. The Bertz CT molecular complexity index is 291. The van der Waals surface area contributed by atoms with Crippen molar-refractivity contribution >= 4 is 33.9 Å². The van der Waals surface area contributed by atoms with Crippen LogP contribution < -0.4 is 5.73 Å². The number of halogens is 1. The SMILES string of the molecule is NC(CC1CCCC1)c1csc(I)c1. The molecule has 0 radical (unpaired) electrons. The van der Waals surface area contributed by atoms with Crippen LogP contribution in [0.15, 0.2) is 11.4 Å². The molecule has 0 aliphatic heterocycles. The number of nitrogens with two attached hydrogens (primary N) is 1. The Morgan fingerprint density at radius 1 is 1.50 bits per heavy atom. The van der Waals surface area contributed by atoms with Gasteiger partial charge in [0.25, 0.3) is 0 Å². The number of hydrogen-bond acceptors (Lipinski definition) is 2. The number of rotatable bonds is 3. The minimum atomic E-state index is 0.276. The van der Waals surface area contributed by atoms with Crippen LogP contribution >= 0.6 is 33.9 Å². The summed E-state index contributed by atoms with van der Waals surface area (Å²) in [6.07, 6.45) is 6.81. The molecule has 1 heterocycles. The van der Waals surface area contributed by atoms with Crippen molar-refractivity contribution in [1.29, 1.82) is 0 Å². The van der Waals surface area contributed by atoms with Gasteiger partial charge in [-0.25, -0.2) is 0 Å². The molecule has 0 aromatic carbocycles. The Kier molecular flexibility index (Phi) is 3.85. The molecule has 0 bridgehead atoms. The highest BCUT2D eigenvalue weighted by Gasteiger charge is 2.19. The Morgan fingerprint density at radius 2 is 2.21 bits per heavy atom. The molecule has 14 heavy (non-hydrogen) atoms. The summed E-state index contributed by atoms with van der Waals surface area (Å²) in [5.74, 6) is 0.891. The molecule has 1 fully saturated rings. The fourth-order valence-corrected chi connectivity index (χ4v) is 3.70. The van der Waals surface area contributed by atoms with Crippen molar-refractivity contribution < 1.29 is 0 Å². The van der Waals surface area contributed by atoms with Crippen LogP contribution in [0.25, 0.3) is 0 Å². The average Bonchev–Trinajstić information content (AvgIpc) is 2.75. The van der Waals surface area contributed by atoms with Crippen LogP contribution in [0, 0.1) is 8.80 Å². The zero-order valence-electron chi connectivity index (χ0n) is 8.21. The molecule has 1 aromatic heterocycles. The second kappa shape index (κ2) is 4.94. The van der Waals surface area contributed by atoms with Crippen LogP contribution in [0.3, 0.4) is 0 Å². The Morgan fingerprint density at radius 3 is 2.79 bits per heavy atom. The second-order valence-electron chi connectivity index (χ2n) is 4.18. The largest absolute Gasteiger partial charge is 0.324 e. The van der Waals surface area contributed by atoms with Crippen molar-refractivity contribution in [2.45, 2.75) is 38.1 Å². The van der Waals surface area contributed by atoms with Gasteiger partial charge in [-0.15, -0.1) is 11.3 Å². The van der Waals surface area contributed by atoms with Crippen molar-refractivity contribution in [3.05, 3.63) is 19.9 Å². The third-order valence-corrected chi connectivity index (χ3v) is 4.89. The first kappa shape index (κ1) is 10.9. The van der Waals surface area contributed by atoms with E-state index in [-0.39, 0.29) is 6.04 Å². The molecule has 1 aromatic rings. The first-order chi connectivity index (χ1) is 6.75. The van der Waals surface area contributed by atoms with Crippen molar-refractivity contribution in [1.82, 2.24) is 0 Å².